The molecule has 28 heavy (non-hydrogen) atoms. The number of nitrogens with zero attached hydrogens (tertiary/aromatic N) is 7. The normalized spacial score (nSPS) is 11.4. The third kappa shape index (κ3) is 2.37. The van der Waals surface area contributed by atoms with E-state index in [9.17, 15) is 0 Å². The van der Waals surface area contributed by atoms with Gasteiger partial charge >= 0.3 is 0 Å². The van der Waals surface area contributed by atoms with Crippen molar-refractivity contribution in [2.75, 3.05) is 12.8 Å². The molecule has 0 aliphatic rings. The largest absolute Gasteiger partial charge is 0.497 e. The maximum atomic E-state index is 6.13. The van der Waals surface area contributed by atoms with Gasteiger partial charge < -0.3 is 15.0 Å². The van der Waals surface area contributed by atoms with E-state index < -0.39 is 0 Å². The summed E-state index contributed by atoms with van der Waals surface area (Å²) in [6.07, 6.45) is 1.78. The van der Waals surface area contributed by atoms with E-state index in [0.717, 1.165) is 33.6 Å². The lowest BCUT2D eigenvalue weighted by atomic mass is 10.0. The summed E-state index contributed by atoms with van der Waals surface area (Å²) < 4.78 is 8.85. The average Bonchev–Trinajstić information content (AvgIpc) is 3.35. The van der Waals surface area contributed by atoms with Gasteiger partial charge in [0.25, 0.3) is 0 Å². The van der Waals surface area contributed by atoms with Crippen LogP contribution in [-0.4, -0.2) is 41.7 Å². The lowest BCUT2D eigenvalue weighted by Gasteiger charge is -2.12. The zero-order valence-electron chi connectivity index (χ0n) is 15.2. The molecule has 2 N–H and O–H groups in total. The Morgan fingerprint density at radius 3 is 2.61 bits per heavy atom. The Hall–Kier alpha value is -4.01. The van der Waals surface area contributed by atoms with Gasteiger partial charge in [0.2, 0.25) is 5.65 Å². The summed E-state index contributed by atoms with van der Waals surface area (Å²) in [4.78, 5) is 9.00. The van der Waals surface area contributed by atoms with E-state index in [1.807, 2.05) is 54.1 Å². The predicted octanol–water partition coefficient (Wildman–Crippen LogP) is 2.33. The topological polar surface area (TPSA) is 109 Å². The minimum atomic E-state index is 0.265. The molecule has 0 atom stereocenters. The van der Waals surface area contributed by atoms with Crippen molar-refractivity contribution < 1.29 is 4.74 Å². The number of tetrazole rings is 1. The van der Waals surface area contributed by atoms with E-state index in [2.05, 4.69) is 25.5 Å². The number of hydrogen-bond donors (Lipinski definition) is 1. The van der Waals surface area contributed by atoms with E-state index in [1.54, 1.807) is 18.0 Å². The highest BCUT2D eigenvalue weighted by atomic mass is 16.5. The van der Waals surface area contributed by atoms with Crippen molar-refractivity contribution in [1.29, 1.82) is 0 Å². The Bertz CT molecular complexity index is 1320. The average molecular weight is 372 g/mol. The molecule has 0 radical (unpaired) electrons. The number of rotatable bonds is 3. The highest BCUT2D eigenvalue weighted by molar-refractivity contribution is 5.87. The van der Waals surface area contributed by atoms with E-state index in [1.165, 1.54) is 0 Å². The van der Waals surface area contributed by atoms with Crippen LogP contribution in [0, 0.1) is 0 Å². The zero-order valence-corrected chi connectivity index (χ0v) is 15.2. The molecule has 5 rings (SSSR count). The van der Waals surface area contributed by atoms with Crippen LogP contribution < -0.4 is 10.5 Å². The number of nitrogens with two attached hydrogens (primary N) is 1. The number of fused-ring (bicyclic) bond motifs is 2. The number of nitrogen functional groups attached to an aromatic ring is 1. The van der Waals surface area contributed by atoms with Gasteiger partial charge in [-0.2, -0.15) is 4.52 Å². The molecular weight excluding hydrogens is 356 g/mol. The molecule has 9 nitrogen and oxygen atoms in total. The van der Waals surface area contributed by atoms with Crippen LogP contribution in [-0.2, 0) is 7.05 Å². The minimum Gasteiger partial charge on any atom is -0.497 e. The zero-order chi connectivity index (χ0) is 19.3. The first-order valence-corrected chi connectivity index (χ1v) is 8.59. The molecule has 0 saturated heterocycles. The second-order valence-electron chi connectivity index (χ2n) is 6.40. The predicted molar refractivity (Wildman–Crippen MR) is 105 cm³/mol. The molecule has 0 saturated carbocycles. The Balaban J connectivity index is 1.83. The van der Waals surface area contributed by atoms with Crippen molar-refractivity contribution >= 4 is 22.5 Å². The number of hydrogen-bond acceptors (Lipinski definition) is 7. The summed E-state index contributed by atoms with van der Waals surface area (Å²) in [6, 6.07) is 13.6. The molecule has 0 fully saturated rings. The van der Waals surface area contributed by atoms with Gasteiger partial charge in [0.15, 0.2) is 5.82 Å². The minimum absolute atomic E-state index is 0.265. The number of imidazole rings is 1. The molecule has 0 amide bonds. The Kier molecular flexibility index (Phi) is 3.48. The smallest absolute Gasteiger partial charge is 0.222 e. The van der Waals surface area contributed by atoms with Crippen LogP contribution in [0.5, 0.6) is 5.75 Å². The summed E-state index contributed by atoms with van der Waals surface area (Å²) in [6.45, 7) is 0. The first kappa shape index (κ1) is 16.2. The molecule has 0 aliphatic carbocycles. The van der Waals surface area contributed by atoms with Crippen LogP contribution >= 0.6 is 0 Å². The van der Waals surface area contributed by atoms with Crippen LogP contribution in [0.25, 0.3) is 39.2 Å². The second kappa shape index (κ2) is 6.02. The maximum absolute atomic E-state index is 6.13. The molecular formula is C19H16N8O. The molecule has 3 heterocycles. The van der Waals surface area contributed by atoms with Crippen molar-refractivity contribution in [1.82, 2.24) is 34.6 Å². The SMILES string of the molecule is COc1ccc(-c2nc(N)c3nnnn3c2-c2ccc3ncn(C)c3c2)cc1. The summed E-state index contributed by atoms with van der Waals surface area (Å²) in [5.74, 6) is 1.03. The van der Waals surface area contributed by atoms with Gasteiger partial charge in [0.05, 0.1) is 30.2 Å². The van der Waals surface area contributed by atoms with Crippen molar-refractivity contribution in [3.63, 3.8) is 0 Å². The number of benzene rings is 2. The van der Waals surface area contributed by atoms with Crippen LogP contribution in [0.2, 0.25) is 0 Å². The van der Waals surface area contributed by atoms with Gasteiger partial charge in [0, 0.05) is 18.2 Å². The molecule has 2 aromatic carbocycles. The molecule has 9 heteroatoms. The summed E-state index contributed by atoms with van der Waals surface area (Å²) in [5.41, 5.74) is 11.7. The van der Waals surface area contributed by atoms with E-state index >= 15 is 0 Å². The van der Waals surface area contributed by atoms with Gasteiger partial charge in [-0.25, -0.2) is 9.97 Å². The number of ether oxygens (including phenoxy) is 1. The molecule has 138 valence electrons. The Labute approximate surface area is 159 Å². The van der Waals surface area contributed by atoms with Gasteiger partial charge in [-0.3, -0.25) is 0 Å². The highest BCUT2D eigenvalue weighted by Crippen LogP contribution is 2.34. The third-order valence-corrected chi connectivity index (χ3v) is 4.73. The van der Waals surface area contributed by atoms with Crippen LogP contribution in [0.1, 0.15) is 0 Å². The Morgan fingerprint density at radius 2 is 1.82 bits per heavy atom. The first-order valence-electron chi connectivity index (χ1n) is 8.59. The van der Waals surface area contributed by atoms with Crippen LogP contribution in [0.15, 0.2) is 48.8 Å². The van der Waals surface area contributed by atoms with Gasteiger partial charge in [0.1, 0.15) is 11.4 Å². The summed E-state index contributed by atoms with van der Waals surface area (Å²) >= 11 is 0. The van der Waals surface area contributed by atoms with Gasteiger partial charge in [-0.05, 0) is 46.8 Å². The van der Waals surface area contributed by atoms with Crippen molar-refractivity contribution in [2.24, 2.45) is 7.05 Å². The third-order valence-electron chi connectivity index (χ3n) is 4.73. The second-order valence-corrected chi connectivity index (χ2v) is 6.40. The monoisotopic (exact) mass is 372 g/mol. The van der Waals surface area contributed by atoms with Crippen LogP contribution in [0.4, 0.5) is 5.82 Å². The van der Waals surface area contributed by atoms with Crippen molar-refractivity contribution in [3.8, 4) is 28.3 Å². The standard InChI is InChI=1S/C19H16N8O/c1-26-10-21-14-8-5-12(9-15(14)26)17-16(11-3-6-13(28-2)7-4-11)22-18(20)19-23-24-25-27(17)19/h3-10H,1-2H3,(H2,20,22). The first-order chi connectivity index (χ1) is 13.7. The number of aromatic nitrogens is 7. The van der Waals surface area contributed by atoms with Gasteiger partial charge in [-0.1, -0.05) is 6.07 Å². The van der Waals surface area contributed by atoms with Crippen molar-refractivity contribution in [2.45, 2.75) is 0 Å². The lowest BCUT2D eigenvalue weighted by molar-refractivity contribution is 0.415. The molecule has 0 aliphatic heterocycles. The fourth-order valence-electron chi connectivity index (χ4n) is 3.30. The van der Waals surface area contributed by atoms with Crippen LogP contribution in [0.3, 0.4) is 0 Å². The summed E-state index contributed by atoms with van der Waals surface area (Å²) in [5, 5.41) is 12.0. The fraction of sp³-hybridized carbons (Fsp3) is 0.105. The van der Waals surface area contributed by atoms with Gasteiger partial charge in [-0.15, -0.1) is 5.10 Å². The Morgan fingerprint density at radius 1 is 1.04 bits per heavy atom. The molecule has 0 spiro atoms. The fourth-order valence-corrected chi connectivity index (χ4v) is 3.30. The number of aryl methyl sites for hydroxylation is 1. The van der Waals surface area contributed by atoms with E-state index in [-0.39, 0.29) is 5.82 Å². The molecule has 0 unspecified atom stereocenters. The quantitative estimate of drug-likeness (QED) is 0.517. The van der Waals surface area contributed by atoms with Crippen molar-refractivity contribution in [3.05, 3.63) is 48.8 Å². The van der Waals surface area contributed by atoms with E-state index in [0.29, 0.717) is 11.3 Å². The molecule has 5 aromatic rings. The maximum Gasteiger partial charge on any atom is 0.222 e. The van der Waals surface area contributed by atoms with E-state index in [4.69, 9.17) is 10.5 Å². The number of anilines is 1. The molecule has 0 bridgehead atoms. The lowest BCUT2D eigenvalue weighted by Crippen LogP contribution is -2.05. The summed E-state index contributed by atoms with van der Waals surface area (Å²) in [7, 11) is 3.59. The molecule has 3 aromatic heterocycles. The number of methoxy groups -OCH3 is 1. The highest BCUT2D eigenvalue weighted by Gasteiger charge is 2.19.